The van der Waals surface area contributed by atoms with E-state index >= 15 is 0 Å². The van der Waals surface area contributed by atoms with Gasteiger partial charge in [-0.1, -0.05) is 12.1 Å². The molecule has 1 aromatic heterocycles. The molecule has 1 atom stereocenters. The Bertz CT molecular complexity index is 1060. The minimum absolute atomic E-state index is 0.00328. The molecule has 9 nitrogen and oxygen atoms in total. The Kier molecular flexibility index (Phi) is 7.47. The number of hydrogen-bond donors (Lipinski definition) is 0. The molecule has 1 amide bonds. The number of furan rings is 1. The number of sulfonamides is 1. The van der Waals surface area contributed by atoms with Crippen molar-refractivity contribution in [2.24, 2.45) is 0 Å². The molecule has 0 radical (unpaired) electrons. The zero-order chi connectivity index (χ0) is 23.3. The second-order valence-corrected chi connectivity index (χ2v) is 9.54. The highest BCUT2D eigenvalue weighted by molar-refractivity contribution is 7.89. The molecule has 1 aliphatic heterocycles. The molecule has 0 spiro atoms. The van der Waals surface area contributed by atoms with E-state index in [4.69, 9.17) is 9.15 Å². The molecule has 1 saturated heterocycles. The third-order valence-electron chi connectivity index (χ3n) is 5.33. The summed E-state index contributed by atoms with van der Waals surface area (Å²) in [5.74, 6) is -0.768. The molecular weight excluding hydrogens is 436 g/mol. The first kappa shape index (κ1) is 23.7. The minimum Gasteiger partial charge on any atom is -0.467 e. The fourth-order valence-corrected chi connectivity index (χ4v) is 5.14. The van der Waals surface area contributed by atoms with Crippen molar-refractivity contribution in [2.75, 3.05) is 20.2 Å². The van der Waals surface area contributed by atoms with E-state index in [1.807, 2.05) is 0 Å². The zero-order valence-electron chi connectivity index (χ0n) is 18.0. The van der Waals surface area contributed by atoms with Crippen LogP contribution >= 0.6 is 0 Å². The van der Waals surface area contributed by atoms with E-state index < -0.39 is 34.5 Å². The van der Waals surface area contributed by atoms with Gasteiger partial charge in [-0.05, 0) is 50.5 Å². The lowest BCUT2D eigenvalue weighted by Gasteiger charge is -2.33. The summed E-state index contributed by atoms with van der Waals surface area (Å²) in [4.78, 5) is 37.8. The maximum absolute atomic E-state index is 13.2. The predicted octanol–water partition coefficient (Wildman–Crippen LogP) is 2.23. The lowest BCUT2D eigenvalue weighted by atomic mass is 10.1. The Morgan fingerprint density at radius 3 is 2.50 bits per heavy atom. The highest BCUT2D eigenvalue weighted by Crippen LogP contribution is 2.26. The molecule has 2 heterocycles. The predicted molar refractivity (Wildman–Crippen MR) is 114 cm³/mol. The van der Waals surface area contributed by atoms with Crippen molar-refractivity contribution >= 4 is 27.7 Å². The topological polar surface area (TPSA) is 114 Å². The van der Waals surface area contributed by atoms with Crippen molar-refractivity contribution in [3.05, 3.63) is 54.0 Å². The van der Waals surface area contributed by atoms with E-state index in [2.05, 4.69) is 0 Å². The van der Waals surface area contributed by atoms with Crippen molar-refractivity contribution in [3.63, 3.8) is 0 Å². The average Bonchev–Trinajstić information content (AvgIpc) is 3.30. The molecule has 1 aromatic carbocycles. The highest BCUT2D eigenvalue weighted by Gasteiger charge is 2.38. The third-order valence-corrected chi connectivity index (χ3v) is 7.25. The molecule has 0 N–H and O–H groups in total. The van der Waals surface area contributed by atoms with E-state index in [9.17, 15) is 22.8 Å². The lowest BCUT2D eigenvalue weighted by molar-refractivity contribution is -0.155. The third kappa shape index (κ3) is 5.43. The van der Waals surface area contributed by atoms with Gasteiger partial charge in [-0.15, -0.1) is 0 Å². The number of amides is 1. The van der Waals surface area contributed by atoms with Crippen molar-refractivity contribution in [1.29, 1.82) is 0 Å². The Balaban J connectivity index is 1.66. The summed E-state index contributed by atoms with van der Waals surface area (Å²) in [7, 11) is -2.42. The summed E-state index contributed by atoms with van der Waals surface area (Å²) >= 11 is 0. The van der Waals surface area contributed by atoms with Crippen molar-refractivity contribution in [3.8, 4) is 0 Å². The molecule has 3 rings (SSSR count). The van der Waals surface area contributed by atoms with E-state index in [-0.39, 0.29) is 23.8 Å². The number of esters is 1. The van der Waals surface area contributed by atoms with Gasteiger partial charge in [-0.2, -0.15) is 4.31 Å². The average molecular weight is 463 g/mol. The number of Topliss-reactive ketones (excluding diaryl/α,β-unsaturated/α-hetero) is 1. The van der Waals surface area contributed by atoms with Crippen LogP contribution in [0.1, 0.15) is 42.3 Å². The second kappa shape index (κ2) is 10.1. The molecule has 172 valence electrons. The molecule has 0 aliphatic carbocycles. The summed E-state index contributed by atoms with van der Waals surface area (Å²) < 4.78 is 37.8. The van der Waals surface area contributed by atoms with Crippen LogP contribution in [0.5, 0.6) is 0 Å². The van der Waals surface area contributed by atoms with Crippen LogP contribution in [0.15, 0.2) is 52.0 Å². The van der Waals surface area contributed by atoms with Crippen LogP contribution < -0.4 is 0 Å². The van der Waals surface area contributed by atoms with Gasteiger partial charge in [0.15, 0.2) is 12.4 Å². The highest BCUT2D eigenvalue weighted by atomic mass is 32.2. The van der Waals surface area contributed by atoms with Crippen molar-refractivity contribution in [1.82, 2.24) is 9.21 Å². The van der Waals surface area contributed by atoms with E-state index in [0.717, 1.165) is 4.31 Å². The number of rotatable bonds is 8. The summed E-state index contributed by atoms with van der Waals surface area (Å²) in [5.41, 5.74) is 0.399. The number of carbonyl (C=O) groups is 3. The van der Waals surface area contributed by atoms with Crippen LogP contribution in [0.2, 0.25) is 0 Å². The van der Waals surface area contributed by atoms with Crippen LogP contribution in [0.25, 0.3) is 0 Å². The van der Waals surface area contributed by atoms with Gasteiger partial charge in [-0.25, -0.2) is 8.42 Å². The minimum atomic E-state index is -3.97. The Morgan fingerprint density at radius 2 is 1.88 bits per heavy atom. The lowest BCUT2D eigenvalue weighted by Crippen LogP contribution is -2.49. The largest absolute Gasteiger partial charge is 0.467 e. The second-order valence-electron chi connectivity index (χ2n) is 7.64. The number of ketones is 1. The van der Waals surface area contributed by atoms with Crippen LogP contribution in [-0.2, 0) is 30.9 Å². The summed E-state index contributed by atoms with van der Waals surface area (Å²) in [6, 6.07) is 8.03. The SMILES string of the molecule is CC(=O)c1ccc(S(=O)(=O)N2CCCCC2C(=O)OCC(=O)N(C)Cc2ccco2)cc1. The molecule has 1 aliphatic rings. The number of benzene rings is 1. The maximum atomic E-state index is 13.2. The summed E-state index contributed by atoms with van der Waals surface area (Å²) in [6.07, 6.45) is 3.08. The van der Waals surface area contributed by atoms with E-state index in [0.29, 0.717) is 30.6 Å². The van der Waals surface area contributed by atoms with Crippen molar-refractivity contribution < 1.29 is 32.0 Å². The Morgan fingerprint density at radius 1 is 1.16 bits per heavy atom. The first-order chi connectivity index (χ1) is 15.2. The normalized spacial score (nSPS) is 17.0. The number of piperidine rings is 1. The quantitative estimate of drug-likeness (QED) is 0.436. The smallest absolute Gasteiger partial charge is 0.324 e. The summed E-state index contributed by atoms with van der Waals surface area (Å²) in [6.45, 7) is 1.30. The van der Waals surface area contributed by atoms with Gasteiger partial charge in [0.1, 0.15) is 11.8 Å². The molecule has 32 heavy (non-hydrogen) atoms. The van der Waals surface area contributed by atoms with Crippen LogP contribution in [0, 0.1) is 0 Å². The number of carbonyl (C=O) groups excluding carboxylic acids is 3. The van der Waals surface area contributed by atoms with Gasteiger partial charge in [0.05, 0.1) is 17.7 Å². The molecule has 1 fully saturated rings. The maximum Gasteiger partial charge on any atom is 0.324 e. The molecule has 0 saturated carbocycles. The fourth-order valence-electron chi connectivity index (χ4n) is 3.49. The van der Waals surface area contributed by atoms with Gasteiger partial charge in [-0.3, -0.25) is 14.4 Å². The molecular formula is C22H26N2O7S. The van der Waals surface area contributed by atoms with E-state index in [1.165, 1.54) is 42.4 Å². The number of ether oxygens (including phenoxy) is 1. The van der Waals surface area contributed by atoms with Gasteiger partial charge < -0.3 is 14.1 Å². The van der Waals surface area contributed by atoms with Crippen LogP contribution in [-0.4, -0.2) is 61.5 Å². The Labute approximate surface area is 187 Å². The first-order valence-electron chi connectivity index (χ1n) is 10.3. The first-order valence-corrected chi connectivity index (χ1v) is 11.7. The standard InChI is InChI=1S/C22H26N2O7S/c1-16(25)17-8-10-19(11-9-17)32(28,29)24-12-4-3-7-20(24)22(27)31-15-21(26)23(2)14-18-6-5-13-30-18/h5-6,8-11,13,20H,3-4,7,12,14-15H2,1-2H3. The monoisotopic (exact) mass is 462 g/mol. The molecule has 2 aromatic rings. The van der Waals surface area contributed by atoms with E-state index in [1.54, 1.807) is 19.2 Å². The van der Waals surface area contributed by atoms with Crippen molar-refractivity contribution in [2.45, 2.75) is 43.7 Å². The molecule has 10 heteroatoms. The van der Waals surface area contributed by atoms with Gasteiger partial charge in [0.2, 0.25) is 10.0 Å². The molecule has 0 bridgehead atoms. The van der Waals surface area contributed by atoms with Crippen LogP contribution in [0.3, 0.4) is 0 Å². The molecule has 1 unspecified atom stereocenters. The zero-order valence-corrected chi connectivity index (χ0v) is 18.8. The van der Waals surface area contributed by atoms with Gasteiger partial charge >= 0.3 is 5.97 Å². The fraction of sp³-hybridized carbons (Fsp3) is 0.409. The van der Waals surface area contributed by atoms with Crippen LogP contribution in [0.4, 0.5) is 0 Å². The number of likely N-dealkylation sites (N-methyl/N-ethyl adjacent to an activating group) is 1. The Hall–Kier alpha value is -2.98. The van der Waals surface area contributed by atoms with Gasteiger partial charge in [0, 0.05) is 19.2 Å². The number of hydrogen-bond acceptors (Lipinski definition) is 7. The summed E-state index contributed by atoms with van der Waals surface area (Å²) in [5, 5.41) is 0. The number of nitrogens with zero attached hydrogens (tertiary/aromatic N) is 2. The van der Waals surface area contributed by atoms with Gasteiger partial charge in [0.25, 0.3) is 5.91 Å².